The predicted octanol–water partition coefficient (Wildman–Crippen LogP) is 4.83. The molecule has 0 saturated carbocycles. The van der Waals surface area contributed by atoms with Crippen molar-refractivity contribution >= 4 is 18.4 Å². The molecular formula is C32H26N8O2S. The van der Waals surface area contributed by atoms with Crippen molar-refractivity contribution in [2.24, 2.45) is 4.53 Å². The van der Waals surface area contributed by atoms with Crippen LogP contribution < -0.4 is 0 Å². The van der Waals surface area contributed by atoms with Gasteiger partial charge in [0, 0.05) is 39.3 Å². The molecule has 5 aromatic rings. The van der Waals surface area contributed by atoms with Crippen LogP contribution in [0.2, 0.25) is 0 Å². The molecule has 2 aliphatic heterocycles. The van der Waals surface area contributed by atoms with Crippen LogP contribution in [0.5, 0.6) is 0 Å². The van der Waals surface area contributed by atoms with E-state index in [1.807, 2.05) is 72.8 Å². The fourth-order valence-corrected chi connectivity index (χ4v) is 5.63. The first-order valence-corrected chi connectivity index (χ1v) is 14.3. The maximum atomic E-state index is 12.8. The van der Waals surface area contributed by atoms with E-state index in [2.05, 4.69) is 26.8 Å². The minimum Gasteiger partial charge on any atom is -0.301 e. The van der Waals surface area contributed by atoms with E-state index in [4.69, 9.17) is 29.8 Å². The first-order chi connectivity index (χ1) is 21.1. The third kappa shape index (κ3) is 6.19. The molecule has 0 amide bonds. The molecule has 43 heavy (non-hydrogen) atoms. The maximum Gasteiger partial charge on any atom is 0.367 e. The molecular weight excluding hydrogens is 560 g/mol. The predicted molar refractivity (Wildman–Crippen MR) is 160 cm³/mol. The highest BCUT2D eigenvalue weighted by Crippen LogP contribution is 2.23. The second kappa shape index (κ2) is 11.8. The zero-order chi connectivity index (χ0) is 29.2. The van der Waals surface area contributed by atoms with E-state index in [0.29, 0.717) is 56.2 Å². The number of pyridine rings is 5. The van der Waals surface area contributed by atoms with Crippen molar-refractivity contribution in [2.75, 3.05) is 0 Å². The van der Waals surface area contributed by atoms with Gasteiger partial charge in [-0.25, -0.2) is 24.7 Å². The molecule has 11 heteroatoms. The van der Waals surface area contributed by atoms with Gasteiger partial charge in [0.1, 0.15) is 0 Å². The van der Waals surface area contributed by atoms with Crippen molar-refractivity contribution < 1.29 is 9.63 Å². The zero-order valence-corrected chi connectivity index (χ0v) is 23.9. The maximum absolute atomic E-state index is 12.8. The number of carbonyl (C=O) groups is 1. The lowest BCUT2D eigenvalue weighted by Crippen LogP contribution is -2.26. The van der Waals surface area contributed by atoms with Crippen LogP contribution in [0.15, 0.2) is 89.5 Å². The van der Waals surface area contributed by atoms with Gasteiger partial charge in [0.05, 0.1) is 74.9 Å². The highest BCUT2D eigenvalue weighted by Gasteiger charge is 2.20. The average Bonchev–Trinajstić information content (AvgIpc) is 3.01. The molecule has 12 bridgehead atoms. The molecule has 0 atom stereocenters. The topological polar surface area (TPSA) is 110 Å². The summed E-state index contributed by atoms with van der Waals surface area (Å²) in [6, 6.07) is 27.5. The van der Waals surface area contributed by atoms with Crippen molar-refractivity contribution in [1.82, 2.24) is 34.7 Å². The quantitative estimate of drug-likeness (QED) is 0.267. The zero-order valence-electron chi connectivity index (χ0n) is 23.1. The lowest BCUT2D eigenvalue weighted by atomic mass is 10.1. The van der Waals surface area contributed by atoms with Gasteiger partial charge in [-0.2, -0.15) is 0 Å². The third-order valence-corrected chi connectivity index (χ3v) is 7.43. The summed E-state index contributed by atoms with van der Waals surface area (Å²) in [5.74, 6) is -0.624. The Kier molecular flexibility index (Phi) is 7.42. The Morgan fingerprint density at radius 1 is 0.558 bits per heavy atom. The van der Waals surface area contributed by atoms with E-state index in [9.17, 15) is 4.79 Å². The number of nitrogens with zero attached hydrogens (tertiary/aromatic N) is 8. The van der Waals surface area contributed by atoms with E-state index in [1.165, 1.54) is 0 Å². The van der Waals surface area contributed by atoms with E-state index < -0.39 is 5.97 Å². The molecule has 5 aromatic heterocycles. The Balaban J connectivity index is 1.44. The molecule has 0 aromatic carbocycles. The molecule has 7 rings (SSSR count). The largest absolute Gasteiger partial charge is 0.367 e. The summed E-state index contributed by atoms with van der Waals surface area (Å²) in [6.07, 6.45) is 0. The Labute approximate surface area is 253 Å². The Morgan fingerprint density at radius 3 is 1.26 bits per heavy atom. The molecule has 212 valence electrons. The van der Waals surface area contributed by atoms with Gasteiger partial charge in [-0.1, -0.05) is 24.3 Å². The van der Waals surface area contributed by atoms with E-state index in [-0.39, 0.29) is 0 Å². The van der Waals surface area contributed by atoms with Crippen LogP contribution in [0, 0.1) is 0 Å². The molecule has 0 spiro atoms. The van der Waals surface area contributed by atoms with Gasteiger partial charge in [-0.3, -0.25) is 14.8 Å². The van der Waals surface area contributed by atoms with Gasteiger partial charge in [0.15, 0.2) is 0 Å². The molecule has 0 unspecified atom stereocenters. The highest BCUT2D eigenvalue weighted by molar-refractivity contribution is 7.47. The van der Waals surface area contributed by atoms with Gasteiger partial charge < -0.3 is 4.84 Å². The van der Waals surface area contributed by atoms with Crippen LogP contribution >= 0.6 is 0 Å². The first kappa shape index (κ1) is 27.0. The van der Waals surface area contributed by atoms with Gasteiger partial charge in [0.2, 0.25) is 0 Å². The first-order valence-electron chi connectivity index (χ1n) is 13.9. The lowest BCUT2D eigenvalue weighted by molar-refractivity contribution is 0.0528. The number of hydrogen-bond acceptors (Lipinski definition) is 11. The summed E-state index contributed by atoms with van der Waals surface area (Å²) in [5.41, 5.74) is 8.54. The summed E-state index contributed by atoms with van der Waals surface area (Å²) in [4.78, 5) is 47.0. The number of aromatic nitrogens is 5. The lowest BCUT2D eigenvalue weighted by Gasteiger charge is -2.23. The molecule has 0 radical (unpaired) electrons. The van der Waals surface area contributed by atoms with Crippen LogP contribution in [0.4, 0.5) is 0 Å². The summed E-state index contributed by atoms with van der Waals surface area (Å²) < 4.78 is 3.19. The third-order valence-electron chi connectivity index (χ3n) is 7.35. The van der Waals surface area contributed by atoms with Crippen molar-refractivity contribution in [3.8, 4) is 22.8 Å². The fourth-order valence-electron chi connectivity index (χ4n) is 5.57. The van der Waals surface area contributed by atoms with Gasteiger partial charge >= 0.3 is 5.97 Å². The van der Waals surface area contributed by atoms with Crippen molar-refractivity contribution in [3.63, 3.8) is 0 Å². The van der Waals surface area contributed by atoms with Crippen molar-refractivity contribution in [2.45, 2.75) is 39.3 Å². The van der Waals surface area contributed by atoms with Crippen molar-refractivity contribution in [3.05, 3.63) is 125 Å². The van der Waals surface area contributed by atoms with Crippen molar-refractivity contribution in [1.29, 1.82) is 0 Å². The molecule has 0 aliphatic carbocycles. The van der Waals surface area contributed by atoms with Crippen LogP contribution in [0.25, 0.3) is 22.8 Å². The summed E-state index contributed by atoms with van der Waals surface area (Å²) in [7, 11) is 0. The average molecular weight is 587 g/mol. The minimum absolute atomic E-state index is 0.336. The van der Waals surface area contributed by atoms with Gasteiger partial charge in [-0.15, -0.1) is 0 Å². The standard InChI is InChI=1S/C32H26N8O2S/c41-32(42-38-43)21-13-26-19-39-15-22-5-1-9-28(34-22)29-10-2-6-23(35-29)17-40(20-27(14-21)33-26)18-25-8-4-12-31(37-25)30-11-3-7-24(16-39)36-30/h1-14H,15-20H2. The number of hydrogen-bond donors (Lipinski definition) is 0. The number of carbonyl (C=O) groups excluding carboxylic acids is 1. The molecule has 0 fully saturated rings. The van der Waals surface area contributed by atoms with E-state index >= 15 is 0 Å². The monoisotopic (exact) mass is 586 g/mol. The molecule has 7 heterocycles. The Bertz CT molecular complexity index is 1630. The van der Waals surface area contributed by atoms with Crippen LogP contribution in [0.3, 0.4) is 0 Å². The Morgan fingerprint density at radius 2 is 0.907 bits per heavy atom. The number of rotatable bonds is 2. The summed E-state index contributed by atoms with van der Waals surface area (Å²) >= 11 is 4.56. The van der Waals surface area contributed by atoms with Gasteiger partial charge in [-0.05, 0) is 65.2 Å². The normalized spacial score (nSPS) is 17.4. The molecule has 10 nitrogen and oxygen atoms in total. The second-order valence-electron chi connectivity index (χ2n) is 10.6. The molecule has 0 saturated heterocycles. The highest BCUT2D eigenvalue weighted by atomic mass is 32.1. The van der Waals surface area contributed by atoms with Gasteiger partial charge in [0.25, 0.3) is 0 Å². The SMILES string of the molecule is O=C(ON=S)c1cc2nc(c1)CN1Cc3cccc(n3)-c3cccc(n3)CN(C2)Cc2cccc(n2)-c2cccc(n2)C1. The summed E-state index contributed by atoms with van der Waals surface area (Å²) in [6.45, 7) is 2.96. The minimum atomic E-state index is -0.624. The van der Waals surface area contributed by atoms with Crippen LogP contribution in [-0.2, 0) is 56.5 Å². The summed E-state index contributed by atoms with van der Waals surface area (Å²) in [5, 5.41) is 0. The number of fused-ring (bicyclic) bond motifs is 12. The van der Waals surface area contributed by atoms with Crippen LogP contribution in [-0.4, -0.2) is 40.7 Å². The van der Waals surface area contributed by atoms with E-state index in [1.54, 1.807) is 12.1 Å². The fraction of sp³-hybridized carbons (Fsp3) is 0.188. The Hall–Kier alpha value is -4.84. The smallest absolute Gasteiger partial charge is 0.301 e. The molecule has 0 N–H and O–H groups in total. The molecule has 2 aliphatic rings. The second-order valence-corrected chi connectivity index (χ2v) is 10.8. The van der Waals surface area contributed by atoms with Crippen LogP contribution in [0.1, 0.15) is 44.5 Å². The van der Waals surface area contributed by atoms with E-state index in [0.717, 1.165) is 45.6 Å².